The Labute approximate surface area is 163 Å². The summed E-state index contributed by atoms with van der Waals surface area (Å²) >= 11 is 0. The van der Waals surface area contributed by atoms with Crippen LogP contribution in [0.1, 0.15) is 52.0 Å². The zero-order valence-electron chi connectivity index (χ0n) is 17.1. The van der Waals surface area contributed by atoms with E-state index < -0.39 is 0 Å². The van der Waals surface area contributed by atoms with Crippen molar-refractivity contribution in [2.45, 2.75) is 59.4 Å². The SMILES string of the molecule is CCC(CC)C(CNC(=O)Nc1ccc(C)c(NC(C)=O)c1)N1CCCC1. The van der Waals surface area contributed by atoms with E-state index in [4.69, 9.17) is 0 Å². The molecular formula is C21H34N4O2. The molecule has 1 saturated heterocycles. The van der Waals surface area contributed by atoms with Crippen LogP contribution in [0, 0.1) is 12.8 Å². The summed E-state index contributed by atoms with van der Waals surface area (Å²) in [5.74, 6) is 0.465. The lowest BCUT2D eigenvalue weighted by atomic mass is 9.93. The van der Waals surface area contributed by atoms with Gasteiger partial charge in [0, 0.05) is 30.9 Å². The summed E-state index contributed by atoms with van der Waals surface area (Å²) in [6.45, 7) is 10.8. The molecule has 3 amide bonds. The first-order valence-electron chi connectivity index (χ1n) is 10.1. The fourth-order valence-corrected chi connectivity index (χ4v) is 3.90. The Balaban J connectivity index is 1.96. The van der Waals surface area contributed by atoms with Gasteiger partial charge in [-0.3, -0.25) is 9.69 Å². The van der Waals surface area contributed by atoms with Crippen molar-refractivity contribution in [3.63, 3.8) is 0 Å². The van der Waals surface area contributed by atoms with E-state index in [0.717, 1.165) is 31.5 Å². The molecule has 27 heavy (non-hydrogen) atoms. The summed E-state index contributed by atoms with van der Waals surface area (Å²) in [6.07, 6.45) is 4.74. The van der Waals surface area contributed by atoms with Crippen molar-refractivity contribution in [3.05, 3.63) is 23.8 Å². The zero-order valence-corrected chi connectivity index (χ0v) is 17.1. The fourth-order valence-electron chi connectivity index (χ4n) is 3.90. The van der Waals surface area contributed by atoms with Crippen molar-refractivity contribution in [2.24, 2.45) is 5.92 Å². The predicted octanol–water partition coefficient (Wildman–Crippen LogP) is 3.98. The highest BCUT2D eigenvalue weighted by molar-refractivity contribution is 5.93. The van der Waals surface area contributed by atoms with Gasteiger partial charge in [-0.1, -0.05) is 32.8 Å². The summed E-state index contributed by atoms with van der Waals surface area (Å²) < 4.78 is 0. The molecule has 0 spiro atoms. The molecule has 1 heterocycles. The summed E-state index contributed by atoms with van der Waals surface area (Å²) in [6, 6.07) is 5.70. The molecule has 6 heteroatoms. The third-order valence-corrected chi connectivity index (χ3v) is 5.48. The molecule has 1 unspecified atom stereocenters. The molecule has 1 fully saturated rings. The first-order chi connectivity index (χ1) is 12.9. The van der Waals surface area contributed by atoms with Crippen LogP contribution in [0.3, 0.4) is 0 Å². The molecule has 1 aromatic carbocycles. The van der Waals surface area contributed by atoms with Crippen molar-refractivity contribution in [2.75, 3.05) is 30.3 Å². The number of amides is 3. The van der Waals surface area contributed by atoms with Gasteiger partial charge in [0.25, 0.3) is 0 Å². The number of nitrogens with zero attached hydrogens (tertiary/aromatic N) is 1. The lowest BCUT2D eigenvalue weighted by Gasteiger charge is -2.33. The Morgan fingerprint density at radius 3 is 2.37 bits per heavy atom. The third-order valence-electron chi connectivity index (χ3n) is 5.48. The molecule has 1 atom stereocenters. The van der Waals surface area contributed by atoms with Crippen molar-refractivity contribution < 1.29 is 9.59 Å². The average molecular weight is 375 g/mol. The topological polar surface area (TPSA) is 73.5 Å². The van der Waals surface area contributed by atoms with Crippen molar-refractivity contribution in [3.8, 4) is 0 Å². The molecule has 3 N–H and O–H groups in total. The van der Waals surface area contributed by atoms with Crippen molar-refractivity contribution >= 4 is 23.3 Å². The van der Waals surface area contributed by atoms with Crippen molar-refractivity contribution in [1.29, 1.82) is 0 Å². The highest BCUT2D eigenvalue weighted by Crippen LogP contribution is 2.23. The number of anilines is 2. The van der Waals surface area contributed by atoms with Crippen LogP contribution >= 0.6 is 0 Å². The number of aryl methyl sites for hydroxylation is 1. The van der Waals surface area contributed by atoms with Gasteiger partial charge in [0.05, 0.1) is 0 Å². The monoisotopic (exact) mass is 374 g/mol. The maximum Gasteiger partial charge on any atom is 0.319 e. The number of urea groups is 1. The number of rotatable bonds is 8. The second kappa shape index (κ2) is 10.3. The van der Waals surface area contributed by atoms with Gasteiger partial charge in [0.2, 0.25) is 5.91 Å². The summed E-state index contributed by atoms with van der Waals surface area (Å²) in [7, 11) is 0. The van der Waals surface area contributed by atoms with Gasteiger partial charge in [-0.15, -0.1) is 0 Å². The highest BCUT2D eigenvalue weighted by atomic mass is 16.2. The zero-order chi connectivity index (χ0) is 19.8. The van der Waals surface area contributed by atoms with Crippen LogP contribution in [0.15, 0.2) is 18.2 Å². The lowest BCUT2D eigenvalue weighted by molar-refractivity contribution is -0.114. The van der Waals surface area contributed by atoms with E-state index in [-0.39, 0.29) is 11.9 Å². The average Bonchev–Trinajstić information content (AvgIpc) is 3.15. The lowest BCUT2D eigenvalue weighted by Crippen LogP contribution is -2.47. The molecule has 150 valence electrons. The van der Waals surface area contributed by atoms with E-state index in [0.29, 0.717) is 29.9 Å². The number of carbonyl (C=O) groups excluding carboxylic acids is 2. The molecule has 0 aliphatic carbocycles. The Kier molecular flexibility index (Phi) is 8.10. The quantitative estimate of drug-likeness (QED) is 0.644. The van der Waals surface area contributed by atoms with E-state index in [9.17, 15) is 9.59 Å². The van der Waals surface area contributed by atoms with Gasteiger partial charge >= 0.3 is 6.03 Å². The number of hydrogen-bond acceptors (Lipinski definition) is 3. The van der Waals surface area contributed by atoms with Crippen molar-refractivity contribution in [1.82, 2.24) is 10.2 Å². The highest BCUT2D eigenvalue weighted by Gasteiger charge is 2.27. The van der Waals surface area contributed by atoms with E-state index in [1.165, 1.54) is 19.8 Å². The Hall–Kier alpha value is -2.08. The summed E-state index contributed by atoms with van der Waals surface area (Å²) in [4.78, 5) is 26.3. The summed E-state index contributed by atoms with van der Waals surface area (Å²) in [5.41, 5.74) is 2.34. The van der Waals surface area contributed by atoms with Crippen LogP contribution in [0.2, 0.25) is 0 Å². The van der Waals surface area contributed by atoms with E-state index in [1.54, 1.807) is 6.07 Å². The predicted molar refractivity (Wildman–Crippen MR) is 111 cm³/mol. The molecule has 0 bridgehead atoms. The molecule has 0 radical (unpaired) electrons. The second-order valence-corrected chi connectivity index (χ2v) is 7.43. The first kappa shape index (κ1) is 21.2. The van der Waals surface area contributed by atoms with Gasteiger partial charge in [-0.05, 0) is 56.5 Å². The molecule has 0 saturated carbocycles. The molecule has 1 aromatic rings. The van der Waals surface area contributed by atoms with Gasteiger partial charge in [0.15, 0.2) is 0 Å². The van der Waals surface area contributed by atoms with Crippen LogP contribution in [0.25, 0.3) is 0 Å². The van der Waals surface area contributed by atoms with E-state index in [2.05, 4.69) is 34.7 Å². The van der Waals surface area contributed by atoms with E-state index in [1.807, 2.05) is 19.1 Å². The maximum atomic E-state index is 12.4. The van der Waals surface area contributed by atoms with E-state index >= 15 is 0 Å². The molecule has 1 aliphatic rings. The number of hydrogen-bond donors (Lipinski definition) is 3. The second-order valence-electron chi connectivity index (χ2n) is 7.43. The maximum absolute atomic E-state index is 12.4. The number of nitrogens with one attached hydrogen (secondary N) is 3. The molecule has 6 nitrogen and oxygen atoms in total. The molecular weight excluding hydrogens is 340 g/mol. The van der Waals surface area contributed by atoms with Crippen LogP contribution < -0.4 is 16.0 Å². The standard InChI is InChI=1S/C21H34N4O2/c1-5-17(6-2)20(25-11-7-8-12-25)14-22-21(27)24-18-10-9-15(3)19(13-18)23-16(4)26/h9-10,13,17,20H,5-8,11-12,14H2,1-4H3,(H,23,26)(H2,22,24,27). The van der Waals surface area contributed by atoms with Crippen LogP contribution in [0.5, 0.6) is 0 Å². The number of likely N-dealkylation sites (tertiary alicyclic amines) is 1. The van der Waals surface area contributed by atoms with Gasteiger partial charge in [-0.2, -0.15) is 0 Å². The van der Waals surface area contributed by atoms with Crippen LogP contribution in [0.4, 0.5) is 16.2 Å². The van der Waals surface area contributed by atoms with Crippen LogP contribution in [-0.4, -0.2) is 42.5 Å². The smallest absolute Gasteiger partial charge is 0.319 e. The van der Waals surface area contributed by atoms with Gasteiger partial charge in [-0.25, -0.2) is 4.79 Å². The molecule has 1 aliphatic heterocycles. The minimum absolute atomic E-state index is 0.127. The fraction of sp³-hybridized carbons (Fsp3) is 0.619. The van der Waals surface area contributed by atoms with Gasteiger partial charge in [0.1, 0.15) is 0 Å². The van der Waals surface area contributed by atoms with Gasteiger partial charge < -0.3 is 16.0 Å². The largest absolute Gasteiger partial charge is 0.336 e. The molecule has 2 rings (SSSR count). The normalized spacial score (nSPS) is 15.6. The minimum atomic E-state index is -0.206. The molecule has 0 aromatic heterocycles. The first-order valence-corrected chi connectivity index (χ1v) is 10.1. The minimum Gasteiger partial charge on any atom is -0.336 e. The Morgan fingerprint density at radius 2 is 1.78 bits per heavy atom. The van der Waals surface area contributed by atoms with Crippen LogP contribution in [-0.2, 0) is 4.79 Å². The number of carbonyl (C=O) groups is 2. The summed E-state index contributed by atoms with van der Waals surface area (Å²) in [5, 5.41) is 8.72. The third kappa shape index (κ3) is 6.24. The Bertz CT molecular complexity index is 635. The number of benzene rings is 1. The Morgan fingerprint density at radius 1 is 1.11 bits per heavy atom.